The van der Waals surface area contributed by atoms with Crippen molar-refractivity contribution in [2.24, 2.45) is 5.16 Å². The molecule has 0 unspecified atom stereocenters. The summed E-state index contributed by atoms with van der Waals surface area (Å²) < 4.78 is 13.8. The fraction of sp³-hybridized carbons (Fsp3) is 0.167. The first-order valence-corrected chi connectivity index (χ1v) is 7.44. The number of carbonyl (C=O) groups is 2. The molecule has 0 saturated carbocycles. The van der Waals surface area contributed by atoms with Crippen LogP contribution < -0.4 is 5.32 Å². The van der Waals surface area contributed by atoms with Gasteiger partial charge in [-0.25, -0.2) is 4.39 Å². The molecule has 1 aliphatic heterocycles. The minimum Gasteiger partial charge on any atom is -0.382 e. The summed E-state index contributed by atoms with van der Waals surface area (Å²) in [6, 6.07) is 12.8. The molecule has 0 radical (unpaired) electrons. The fourth-order valence-corrected chi connectivity index (χ4v) is 2.41. The van der Waals surface area contributed by atoms with Crippen molar-refractivity contribution in [1.29, 1.82) is 0 Å². The zero-order valence-corrected chi connectivity index (χ0v) is 13.0. The first kappa shape index (κ1) is 15.9. The van der Waals surface area contributed by atoms with Crippen LogP contribution in [-0.2, 0) is 9.63 Å². The first-order valence-electron chi connectivity index (χ1n) is 7.44. The largest absolute Gasteiger partial charge is 0.382 e. The van der Waals surface area contributed by atoms with Crippen LogP contribution in [0.4, 0.5) is 10.1 Å². The first-order chi connectivity index (χ1) is 11.5. The van der Waals surface area contributed by atoms with Crippen LogP contribution in [0.25, 0.3) is 0 Å². The van der Waals surface area contributed by atoms with E-state index in [0.717, 1.165) is 0 Å². The minimum absolute atomic E-state index is 0.0895. The molecule has 1 atom stereocenters. The lowest BCUT2D eigenvalue weighted by Crippen LogP contribution is -2.28. The highest BCUT2D eigenvalue weighted by Gasteiger charge is 2.30. The molecule has 3 rings (SSSR count). The van der Waals surface area contributed by atoms with Gasteiger partial charge in [0.2, 0.25) is 6.10 Å². The highest BCUT2D eigenvalue weighted by atomic mass is 19.1. The summed E-state index contributed by atoms with van der Waals surface area (Å²) in [5.41, 5.74) is 1.72. The molecule has 1 N–H and O–H groups in total. The number of Topliss-reactive ketones (excluding diaryl/α,β-unsaturated/α-hetero) is 1. The van der Waals surface area contributed by atoms with Gasteiger partial charge in [0.15, 0.2) is 5.78 Å². The molecule has 122 valence electrons. The van der Waals surface area contributed by atoms with Crippen LogP contribution >= 0.6 is 0 Å². The molecule has 24 heavy (non-hydrogen) atoms. The number of nitrogens with one attached hydrogen (secondary N) is 1. The van der Waals surface area contributed by atoms with E-state index >= 15 is 0 Å². The van der Waals surface area contributed by atoms with Gasteiger partial charge < -0.3 is 10.2 Å². The number of benzene rings is 2. The number of carbonyl (C=O) groups excluding carboxylic acids is 2. The Morgan fingerprint density at radius 1 is 1.21 bits per heavy atom. The number of oxime groups is 1. The maximum atomic E-state index is 13.8. The summed E-state index contributed by atoms with van der Waals surface area (Å²) in [5, 5.41) is 6.50. The van der Waals surface area contributed by atoms with Crippen molar-refractivity contribution < 1.29 is 18.8 Å². The SMILES string of the molecule is CC(=O)c1cccc(NC(=O)[C@H]2CC(c3ccccc3F)=NO2)c1. The van der Waals surface area contributed by atoms with Gasteiger partial charge in [-0.3, -0.25) is 9.59 Å². The van der Waals surface area contributed by atoms with E-state index in [1.54, 1.807) is 42.5 Å². The molecule has 5 nitrogen and oxygen atoms in total. The second-order valence-corrected chi connectivity index (χ2v) is 5.44. The van der Waals surface area contributed by atoms with Gasteiger partial charge in [-0.05, 0) is 25.1 Å². The summed E-state index contributed by atoms with van der Waals surface area (Å²) in [7, 11) is 0. The lowest BCUT2D eigenvalue weighted by Gasteiger charge is -2.10. The van der Waals surface area contributed by atoms with Crippen LogP contribution in [-0.4, -0.2) is 23.5 Å². The number of ketones is 1. The van der Waals surface area contributed by atoms with Gasteiger partial charge in [-0.1, -0.05) is 35.5 Å². The summed E-state index contributed by atoms with van der Waals surface area (Å²) in [6.45, 7) is 1.45. The molecule has 2 aromatic rings. The van der Waals surface area contributed by atoms with Crippen LogP contribution in [0.1, 0.15) is 29.3 Å². The van der Waals surface area contributed by atoms with Crippen LogP contribution in [0.3, 0.4) is 0 Å². The Kier molecular flexibility index (Phi) is 4.37. The Morgan fingerprint density at radius 2 is 2.00 bits per heavy atom. The molecule has 0 bridgehead atoms. The number of hydrogen-bond donors (Lipinski definition) is 1. The lowest BCUT2D eigenvalue weighted by atomic mass is 10.0. The number of halogens is 1. The Morgan fingerprint density at radius 3 is 2.75 bits per heavy atom. The molecule has 2 aromatic carbocycles. The second kappa shape index (κ2) is 6.62. The highest BCUT2D eigenvalue weighted by Crippen LogP contribution is 2.20. The third kappa shape index (κ3) is 3.32. The van der Waals surface area contributed by atoms with Gasteiger partial charge in [0.25, 0.3) is 5.91 Å². The lowest BCUT2D eigenvalue weighted by molar-refractivity contribution is -0.125. The van der Waals surface area contributed by atoms with Gasteiger partial charge in [0.05, 0.1) is 5.71 Å². The smallest absolute Gasteiger partial charge is 0.268 e. The zero-order chi connectivity index (χ0) is 17.1. The Bertz CT molecular complexity index is 833. The predicted molar refractivity (Wildman–Crippen MR) is 87.5 cm³/mol. The van der Waals surface area contributed by atoms with Crippen LogP contribution in [0.15, 0.2) is 53.7 Å². The number of amides is 1. The topological polar surface area (TPSA) is 67.8 Å². The minimum atomic E-state index is -0.833. The Hall–Kier alpha value is -3.02. The number of hydrogen-bond acceptors (Lipinski definition) is 4. The van der Waals surface area contributed by atoms with Crippen molar-refractivity contribution in [1.82, 2.24) is 0 Å². The zero-order valence-electron chi connectivity index (χ0n) is 13.0. The molecule has 0 saturated heterocycles. The van der Waals surface area contributed by atoms with Gasteiger partial charge in [-0.15, -0.1) is 0 Å². The Labute approximate surface area is 138 Å². The van der Waals surface area contributed by atoms with E-state index in [-0.39, 0.29) is 12.2 Å². The van der Waals surface area contributed by atoms with E-state index in [1.165, 1.54) is 13.0 Å². The monoisotopic (exact) mass is 326 g/mol. The summed E-state index contributed by atoms with van der Waals surface area (Å²) in [5.74, 6) is -0.894. The van der Waals surface area contributed by atoms with E-state index in [2.05, 4.69) is 10.5 Å². The average Bonchev–Trinajstić information content (AvgIpc) is 3.05. The number of rotatable bonds is 4. The third-order valence-electron chi connectivity index (χ3n) is 3.68. The van der Waals surface area contributed by atoms with E-state index in [9.17, 15) is 14.0 Å². The normalized spacial score (nSPS) is 16.2. The molecule has 0 aliphatic carbocycles. The predicted octanol–water partition coefficient (Wildman–Crippen LogP) is 3.16. The van der Waals surface area contributed by atoms with Gasteiger partial charge in [0.1, 0.15) is 5.82 Å². The van der Waals surface area contributed by atoms with E-state index in [0.29, 0.717) is 22.5 Å². The van der Waals surface area contributed by atoms with Crippen molar-refractivity contribution >= 4 is 23.1 Å². The van der Waals surface area contributed by atoms with E-state index in [4.69, 9.17) is 4.84 Å². The van der Waals surface area contributed by atoms with Crippen LogP contribution in [0, 0.1) is 5.82 Å². The number of anilines is 1. The molecule has 1 aliphatic rings. The molecule has 0 fully saturated rings. The molecule has 6 heteroatoms. The highest BCUT2D eigenvalue weighted by molar-refractivity contribution is 6.06. The maximum Gasteiger partial charge on any atom is 0.268 e. The van der Waals surface area contributed by atoms with Gasteiger partial charge >= 0.3 is 0 Å². The second-order valence-electron chi connectivity index (χ2n) is 5.44. The summed E-state index contributed by atoms with van der Waals surface area (Å²) in [4.78, 5) is 28.8. The van der Waals surface area contributed by atoms with E-state index < -0.39 is 17.8 Å². The fourth-order valence-electron chi connectivity index (χ4n) is 2.41. The maximum absolute atomic E-state index is 13.8. The summed E-state index contributed by atoms with van der Waals surface area (Å²) in [6.07, 6.45) is -0.653. The Balaban J connectivity index is 1.67. The van der Waals surface area contributed by atoms with Crippen LogP contribution in [0.5, 0.6) is 0 Å². The molecule has 1 heterocycles. The molecule has 0 spiro atoms. The quantitative estimate of drug-likeness (QED) is 0.878. The average molecular weight is 326 g/mol. The van der Waals surface area contributed by atoms with E-state index in [1.807, 2.05) is 0 Å². The third-order valence-corrected chi connectivity index (χ3v) is 3.68. The standard InChI is InChI=1S/C18H15FN2O3/c1-11(22)12-5-4-6-13(9-12)20-18(23)17-10-16(21-24-17)14-7-2-3-8-15(14)19/h2-9,17H,10H2,1H3,(H,20,23)/t17-/m1/s1. The van der Waals surface area contributed by atoms with Crippen molar-refractivity contribution in [2.45, 2.75) is 19.4 Å². The summed E-state index contributed by atoms with van der Waals surface area (Å²) >= 11 is 0. The van der Waals surface area contributed by atoms with Gasteiger partial charge in [-0.2, -0.15) is 0 Å². The molecular weight excluding hydrogens is 311 g/mol. The molecule has 0 aromatic heterocycles. The van der Waals surface area contributed by atoms with Crippen LogP contribution in [0.2, 0.25) is 0 Å². The van der Waals surface area contributed by atoms with Crippen molar-refractivity contribution in [3.05, 3.63) is 65.5 Å². The van der Waals surface area contributed by atoms with Crippen molar-refractivity contribution in [2.75, 3.05) is 5.32 Å². The molecular formula is C18H15FN2O3. The van der Waals surface area contributed by atoms with Crippen molar-refractivity contribution in [3.8, 4) is 0 Å². The molecule has 1 amide bonds. The number of nitrogens with zero attached hydrogens (tertiary/aromatic N) is 1. The van der Waals surface area contributed by atoms with Crippen molar-refractivity contribution in [3.63, 3.8) is 0 Å². The van der Waals surface area contributed by atoms with Gasteiger partial charge in [0, 0.05) is 23.2 Å².